The maximum absolute atomic E-state index is 14.9. The van der Waals surface area contributed by atoms with Crippen LogP contribution in [0, 0.1) is 5.82 Å². The fourth-order valence-corrected chi connectivity index (χ4v) is 5.06. The van der Waals surface area contributed by atoms with Crippen molar-refractivity contribution in [1.82, 2.24) is 5.32 Å². The summed E-state index contributed by atoms with van der Waals surface area (Å²) in [4.78, 5) is 40.3. The summed E-state index contributed by atoms with van der Waals surface area (Å²) in [5.74, 6) is -2.47. The molecule has 1 heterocycles. The number of rotatable bonds is 4. The van der Waals surface area contributed by atoms with Crippen LogP contribution >= 0.6 is 0 Å². The lowest BCUT2D eigenvalue weighted by Gasteiger charge is -2.53. The first-order valence-electron chi connectivity index (χ1n) is 10.5. The van der Waals surface area contributed by atoms with Gasteiger partial charge in [0.2, 0.25) is 5.91 Å². The first kappa shape index (κ1) is 21.0. The molecule has 7 heteroatoms. The minimum atomic E-state index is -0.911. The van der Waals surface area contributed by atoms with Crippen LogP contribution in [0.4, 0.5) is 10.1 Å². The van der Waals surface area contributed by atoms with Crippen LogP contribution in [-0.2, 0) is 14.3 Å². The number of halogens is 1. The summed E-state index contributed by atoms with van der Waals surface area (Å²) < 4.78 is 19.6. The molecule has 0 aromatic heterocycles. The minimum Gasteiger partial charge on any atom is -0.468 e. The molecule has 0 bridgehead atoms. The molecule has 162 valence electrons. The van der Waals surface area contributed by atoms with Gasteiger partial charge in [0.1, 0.15) is 12.4 Å². The molecule has 1 aliphatic carbocycles. The molecule has 1 spiro atoms. The minimum absolute atomic E-state index is 0.176. The molecule has 1 saturated carbocycles. The lowest BCUT2D eigenvalue weighted by atomic mass is 9.65. The third kappa shape index (κ3) is 3.58. The zero-order valence-electron chi connectivity index (χ0n) is 17.4. The molecule has 2 aromatic rings. The van der Waals surface area contributed by atoms with E-state index in [9.17, 15) is 18.8 Å². The van der Waals surface area contributed by atoms with Gasteiger partial charge in [0.15, 0.2) is 0 Å². The predicted octanol–water partition coefficient (Wildman–Crippen LogP) is 3.56. The maximum Gasteiger partial charge on any atom is 0.325 e. The Labute approximate surface area is 180 Å². The number of carbonyl (C=O) groups excluding carboxylic acids is 3. The molecular weight excluding hydrogens is 399 g/mol. The van der Waals surface area contributed by atoms with Gasteiger partial charge in [0.05, 0.1) is 24.3 Å². The molecule has 2 aromatic carbocycles. The number of hydrogen-bond acceptors (Lipinski definition) is 4. The van der Waals surface area contributed by atoms with Crippen LogP contribution < -0.4 is 10.2 Å². The monoisotopic (exact) mass is 424 g/mol. The summed E-state index contributed by atoms with van der Waals surface area (Å²) in [6, 6.07) is 13.2. The van der Waals surface area contributed by atoms with Crippen molar-refractivity contribution in [3.05, 3.63) is 65.5 Å². The summed E-state index contributed by atoms with van der Waals surface area (Å²) >= 11 is 0. The van der Waals surface area contributed by atoms with Gasteiger partial charge in [-0.3, -0.25) is 19.3 Å². The van der Waals surface area contributed by atoms with Crippen molar-refractivity contribution >= 4 is 23.5 Å². The molecule has 2 aliphatic rings. The Bertz CT molecular complexity index is 1020. The zero-order valence-corrected chi connectivity index (χ0v) is 17.4. The Morgan fingerprint density at radius 2 is 1.77 bits per heavy atom. The van der Waals surface area contributed by atoms with Crippen LogP contribution in [-0.4, -0.2) is 37.0 Å². The molecule has 0 radical (unpaired) electrons. The van der Waals surface area contributed by atoms with Crippen molar-refractivity contribution in [3.8, 4) is 0 Å². The standard InChI is InChI=1S/C24H25FN2O4/c1-31-20(28)15-26-22(29)21-16-9-3-4-10-17(16)23(30)27(19-12-6-5-11-18(19)25)24(21)13-7-2-8-14-24/h3-6,9-12,21H,2,7-8,13-15H2,1H3,(H,26,29)/t21-/m1/s1. The number of methoxy groups -OCH3 is 1. The van der Waals surface area contributed by atoms with Gasteiger partial charge in [0.25, 0.3) is 5.91 Å². The number of hydrogen-bond donors (Lipinski definition) is 1. The Balaban J connectivity index is 1.89. The van der Waals surface area contributed by atoms with Crippen LogP contribution in [0.5, 0.6) is 0 Å². The number of benzene rings is 2. The third-order valence-corrected chi connectivity index (χ3v) is 6.40. The van der Waals surface area contributed by atoms with Gasteiger partial charge in [-0.15, -0.1) is 0 Å². The number of anilines is 1. The quantitative estimate of drug-likeness (QED) is 0.762. The van der Waals surface area contributed by atoms with E-state index in [1.807, 2.05) is 0 Å². The molecule has 6 nitrogen and oxygen atoms in total. The third-order valence-electron chi connectivity index (χ3n) is 6.40. The Morgan fingerprint density at radius 3 is 2.48 bits per heavy atom. The smallest absolute Gasteiger partial charge is 0.325 e. The fraction of sp³-hybridized carbons (Fsp3) is 0.375. The summed E-state index contributed by atoms with van der Waals surface area (Å²) in [7, 11) is 1.26. The number of nitrogens with zero attached hydrogens (tertiary/aromatic N) is 1. The van der Waals surface area contributed by atoms with E-state index in [1.165, 1.54) is 18.1 Å². The van der Waals surface area contributed by atoms with Gasteiger partial charge < -0.3 is 10.1 Å². The first-order chi connectivity index (χ1) is 15.0. The lowest BCUT2D eigenvalue weighted by molar-refractivity contribution is -0.141. The number of amides is 2. The van der Waals surface area contributed by atoms with Crippen molar-refractivity contribution in [3.63, 3.8) is 0 Å². The van der Waals surface area contributed by atoms with E-state index in [1.54, 1.807) is 42.5 Å². The number of carbonyl (C=O) groups is 3. The molecule has 1 aliphatic heterocycles. The number of ether oxygens (including phenoxy) is 1. The molecule has 1 fully saturated rings. The topological polar surface area (TPSA) is 75.7 Å². The summed E-state index contributed by atoms with van der Waals surface area (Å²) in [5, 5.41) is 2.67. The van der Waals surface area contributed by atoms with E-state index in [0.29, 0.717) is 24.0 Å². The van der Waals surface area contributed by atoms with Crippen molar-refractivity contribution < 1.29 is 23.5 Å². The van der Waals surface area contributed by atoms with Crippen LogP contribution in [0.25, 0.3) is 0 Å². The van der Waals surface area contributed by atoms with Crippen molar-refractivity contribution in [2.45, 2.75) is 43.6 Å². The number of esters is 1. The Hall–Kier alpha value is -3.22. The van der Waals surface area contributed by atoms with Crippen LogP contribution in [0.2, 0.25) is 0 Å². The van der Waals surface area contributed by atoms with Crippen molar-refractivity contribution in [2.24, 2.45) is 0 Å². The van der Waals surface area contributed by atoms with Gasteiger partial charge in [0, 0.05) is 5.56 Å². The molecule has 4 rings (SSSR count). The van der Waals surface area contributed by atoms with Gasteiger partial charge >= 0.3 is 5.97 Å². The van der Waals surface area contributed by atoms with Gasteiger partial charge in [-0.05, 0) is 36.6 Å². The van der Waals surface area contributed by atoms with E-state index < -0.39 is 23.2 Å². The molecule has 0 saturated heterocycles. The average molecular weight is 424 g/mol. The highest BCUT2D eigenvalue weighted by molar-refractivity contribution is 6.12. The van der Waals surface area contributed by atoms with E-state index in [4.69, 9.17) is 0 Å². The molecular formula is C24H25FN2O4. The van der Waals surface area contributed by atoms with Crippen molar-refractivity contribution in [1.29, 1.82) is 0 Å². The second-order valence-corrected chi connectivity index (χ2v) is 8.07. The SMILES string of the molecule is COC(=O)CNC(=O)[C@H]1c2ccccc2C(=O)N(c2ccccc2F)C12CCCCC2. The highest BCUT2D eigenvalue weighted by Gasteiger charge is 2.55. The molecule has 31 heavy (non-hydrogen) atoms. The predicted molar refractivity (Wildman–Crippen MR) is 113 cm³/mol. The molecule has 1 atom stereocenters. The van der Waals surface area contributed by atoms with Crippen LogP contribution in [0.3, 0.4) is 0 Å². The number of nitrogens with one attached hydrogen (secondary N) is 1. The van der Waals surface area contributed by atoms with Crippen LogP contribution in [0.1, 0.15) is 53.9 Å². The van der Waals surface area contributed by atoms with Gasteiger partial charge in [-0.1, -0.05) is 49.6 Å². The summed E-state index contributed by atoms with van der Waals surface area (Å²) in [5.41, 5.74) is 0.255. The van der Waals surface area contributed by atoms with Crippen LogP contribution in [0.15, 0.2) is 48.5 Å². The van der Waals surface area contributed by atoms with Gasteiger partial charge in [-0.2, -0.15) is 0 Å². The van der Waals surface area contributed by atoms with Crippen molar-refractivity contribution in [2.75, 3.05) is 18.6 Å². The maximum atomic E-state index is 14.9. The average Bonchev–Trinajstić information content (AvgIpc) is 2.79. The second-order valence-electron chi connectivity index (χ2n) is 8.07. The van der Waals surface area contributed by atoms with E-state index in [0.717, 1.165) is 19.3 Å². The highest BCUT2D eigenvalue weighted by Crippen LogP contribution is 2.51. The Morgan fingerprint density at radius 1 is 1.10 bits per heavy atom. The summed E-state index contributed by atoms with van der Waals surface area (Å²) in [6.07, 6.45) is 3.76. The van der Waals surface area contributed by atoms with Gasteiger partial charge in [-0.25, -0.2) is 4.39 Å². The lowest BCUT2D eigenvalue weighted by Crippen LogP contribution is -2.63. The van der Waals surface area contributed by atoms with E-state index >= 15 is 0 Å². The largest absolute Gasteiger partial charge is 0.468 e. The Kier molecular flexibility index (Phi) is 5.76. The highest BCUT2D eigenvalue weighted by atomic mass is 19.1. The number of fused-ring (bicyclic) bond motifs is 1. The zero-order chi connectivity index (χ0) is 22.0. The molecule has 0 unspecified atom stereocenters. The van der Waals surface area contributed by atoms with E-state index in [2.05, 4.69) is 10.1 Å². The molecule has 2 amide bonds. The van der Waals surface area contributed by atoms with E-state index in [-0.39, 0.29) is 24.0 Å². The first-order valence-corrected chi connectivity index (χ1v) is 10.5. The molecule has 1 N–H and O–H groups in total. The number of para-hydroxylation sites is 1. The fourth-order valence-electron chi connectivity index (χ4n) is 5.06. The normalized spacial score (nSPS) is 19.6. The summed E-state index contributed by atoms with van der Waals surface area (Å²) in [6.45, 7) is -0.266. The second kappa shape index (κ2) is 8.49.